The van der Waals surface area contributed by atoms with Gasteiger partial charge in [0.15, 0.2) is 0 Å². The number of hydrogen-bond acceptors (Lipinski definition) is 4. The van der Waals surface area contributed by atoms with Crippen molar-refractivity contribution in [2.24, 2.45) is 5.92 Å². The van der Waals surface area contributed by atoms with E-state index in [0.717, 1.165) is 12.1 Å². The number of aromatic nitrogens is 2. The van der Waals surface area contributed by atoms with E-state index in [4.69, 9.17) is 4.74 Å². The lowest BCUT2D eigenvalue weighted by Gasteiger charge is -2.31. The minimum atomic E-state index is -0.856. The molecule has 2 heterocycles. The van der Waals surface area contributed by atoms with Crippen molar-refractivity contribution in [3.05, 3.63) is 17.5 Å². The summed E-state index contributed by atoms with van der Waals surface area (Å²) in [7, 11) is 0. The molecule has 6 heteroatoms. The summed E-state index contributed by atoms with van der Waals surface area (Å²) in [5.74, 6) is 0.255. The third kappa shape index (κ3) is 4.05. The number of H-pyrrole nitrogens is 1. The highest BCUT2D eigenvalue weighted by Gasteiger charge is 2.30. The first-order chi connectivity index (χ1) is 9.48. The van der Waals surface area contributed by atoms with Crippen molar-refractivity contribution in [1.29, 1.82) is 0 Å². The van der Waals surface area contributed by atoms with Crippen LogP contribution in [-0.2, 0) is 11.2 Å². The molecule has 0 bridgehead atoms. The van der Waals surface area contributed by atoms with Gasteiger partial charge in [0.05, 0.1) is 5.60 Å². The molecule has 0 saturated carbocycles. The molecular weight excluding hydrogens is 258 g/mol. The molecule has 2 rings (SSSR count). The van der Waals surface area contributed by atoms with Crippen molar-refractivity contribution in [3.63, 3.8) is 0 Å². The van der Waals surface area contributed by atoms with E-state index in [9.17, 15) is 9.90 Å². The van der Waals surface area contributed by atoms with E-state index in [2.05, 4.69) is 29.4 Å². The summed E-state index contributed by atoms with van der Waals surface area (Å²) in [6, 6.07) is 1.77. The summed E-state index contributed by atoms with van der Waals surface area (Å²) in [4.78, 5) is 12.0. The van der Waals surface area contributed by atoms with Crippen LogP contribution in [0, 0.1) is 5.92 Å². The van der Waals surface area contributed by atoms with E-state index in [1.54, 1.807) is 6.07 Å². The fraction of sp³-hybridized carbons (Fsp3) is 0.714. The monoisotopic (exact) mass is 281 g/mol. The quantitative estimate of drug-likeness (QED) is 0.747. The van der Waals surface area contributed by atoms with Crippen LogP contribution >= 0.6 is 0 Å². The Morgan fingerprint density at radius 2 is 2.25 bits per heavy atom. The molecule has 0 radical (unpaired) electrons. The fourth-order valence-corrected chi connectivity index (χ4v) is 2.29. The number of nitrogens with one attached hydrogen (secondary N) is 2. The van der Waals surface area contributed by atoms with Gasteiger partial charge in [-0.15, -0.1) is 0 Å². The highest BCUT2D eigenvalue weighted by molar-refractivity contribution is 5.92. The van der Waals surface area contributed by atoms with Crippen LogP contribution in [0.5, 0.6) is 0 Å². The van der Waals surface area contributed by atoms with E-state index >= 15 is 0 Å². The van der Waals surface area contributed by atoms with Gasteiger partial charge < -0.3 is 15.2 Å². The first-order valence-electron chi connectivity index (χ1n) is 7.11. The molecule has 6 nitrogen and oxygen atoms in total. The molecule has 0 aliphatic carbocycles. The normalized spacial score (nSPS) is 18.2. The van der Waals surface area contributed by atoms with Crippen molar-refractivity contribution in [2.75, 3.05) is 19.8 Å². The average Bonchev–Trinajstić information content (AvgIpc) is 2.85. The van der Waals surface area contributed by atoms with Gasteiger partial charge in [0.1, 0.15) is 5.69 Å². The van der Waals surface area contributed by atoms with Crippen molar-refractivity contribution in [1.82, 2.24) is 15.5 Å². The van der Waals surface area contributed by atoms with Crippen LogP contribution in [-0.4, -0.2) is 46.6 Å². The summed E-state index contributed by atoms with van der Waals surface area (Å²) < 4.78 is 5.21. The third-order valence-corrected chi connectivity index (χ3v) is 3.49. The molecule has 1 fully saturated rings. The molecule has 0 spiro atoms. The molecule has 20 heavy (non-hydrogen) atoms. The standard InChI is InChI=1S/C14H23N3O3/c1-10(2)7-11-8-12(17-16-11)13(18)15-9-14(19)3-5-20-6-4-14/h8,10,19H,3-7,9H2,1-2H3,(H,15,18)(H,16,17). The molecule has 1 aromatic rings. The largest absolute Gasteiger partial charge is 0.388 e. The molecule has 1 aliphatic rings. The Morgan fingerprint density at radius 3 is 2.90 bits per heavy atom. The van der Waals surface area contributed by atoms with Gasteiger partial charge in [-0.05, 0) is 18.4 Å². The Morgan fingerprint density at radius 1 is 1.55 bits per heavy atom. The maximum absolute atomic E-state index is 12.0. The Kier molecular flexibility index (Phi) is 4.77. The average molecular weight is 281 g/mol. The van der Waals surface area contributed by atoms with E-state index < -0.39 is 5.60 Å². The van der Waals surface area contributed by atoms with Gasteiger partial charge in [0, 0.05) is 38.3 Å². The number of aliphatic hydroxyl groups is 1. The SMILES string of the molecule is CC(C)Cc1cc(C(=O)NCC2(O)CCOCC2)n[nH]1. The number of aromatic amines is 1. The smallest absolute Gasteiger partial charge is 0.271 e. The predicted molar refractivity (Wildman–Crippen MR) is 74.5 cm³/mol. The van der Waals surface area contributed by atoms with Crippen LogP contribution in [0.15, 0.2) is 6.07 Å². The minimum Gasteiger partial charge on any atom is -0.388 e. The zero-order valence-corrected chi connectivity index (χ0v) is 12.1. The summed E-state index contributed by atoms with van der Waals surface area (Å²) >= 11 is 0. The first-order valence-corrected chi connectivity index (χ1v) is 7.11. The van der Waals surface area contributed by atoms with Gasteiger partial charge in [0.25, 0.3) is 5.91 Å². The Labute approximate surface area is 118 Å². The zero-order valence-electron chi connectivity index (χ0n) is 12.1. The van der Waals surface area contributed by atoms with Crippen LogP contribution in [0.2, 0.25) is 0 Å². The molecule has 112 valence electrons. The van der Waals surface area contributed by atoms with Crippen molar-refractivity contribution in [3.8, 4) is 0 Å². The van der Waals surface area contributed by atoms with Gasteiger partial charge in [-0.25, -0.2) is 0 Å². The number of rotatable bonds is 5. The van der Waals surface area contributed by atoms with E-state index in [1.165, 1.54) is 0 Å². The molecule has 0 unspecified atom stereocenters. The highest BCUT2D eigenvalue weighted by atomic mass is 16.5. The second-order valence-corrected chi connectivity index (χ2v) is 5.90. The van der Waals surface area contributed by atoms with Crippen molar-refractivity contribution in [2.45, 2.75) is 38.7 Å². The number of amides is 1. The van der Waals surface area contributed by atoms with Crippen LogP contribution in [0.3, 0.4) is 0 Å². The lowest BCUT2D eigenvalue weighted by molar-refractivity contribution is -0.0605. The van der Waals surface area contributed by atoms with Gasteiger partial charge in [-0.3, -0.25) is 9.89 Å². The van der Waals surface area contributed by atoms with E-state index in [0.29, 0.717) is 37.7 Å². The molecule has 1 aliphatic heterocycles. The second kappa shape index (κ2) is 6.37. The Hall–Kier alpha value is -1.40. The second-order valence-electron chi connectivity index (χ2n) is 5.90. The van der Waals surface area contributed by atoms with Gasteiger partial charge in [0.2, 0.25) is 0 Å². The fourth-order valence-electron chi connectivity index (χ4n) is 2.29. The van der Waals surface area contributed by atoms with Crippen LogP contribution in [0.25, 0.3) is 0 Å². The van der Waals surface area contributed by atoms with Crippen LogP contribution in [0.1, 0.15) is 42.9 Å². The third-order valence-electron chi connectivity index (χ3n) is 3.49. The number of carbonyl (C=O) groups excluding carboxylic acids is 1. The van der Waals surface area contributed by atoms with E-state index in [-0.39, 0.29) is 12.5 Å². The zero-order chi connectivity index (χ0) is 14.6. The van der Waals surface area contributed by atoms with Gasteiger partial charge >= 0.3 is 0 Å². The molecular formula is C14H23N3O3. The summed E-state index contributed by atoms with van der Waals surface area (Å²) in [6.07, 6.45) is 1.96. The molecule has 0 aromatic carbocycles. The van der Waals surface area contributed by atoms with Crippen molar-refractivity contribution < 1.29 is 14.6 Å². The lowest BCUT2D eigenvalue weighted by Crippen LogP contribution is -2.46. The lowest BCUT2D eigenvalue weighted by atomic mass is 9.94. The Bertz CT molecular complexity index is 450. The molecule has 0 atom stereocenters. The first kappa shape index (κ1) is 15.0. The topological polar surface area (TPSA) is 87.2 Å². The summed E-state index contributed by atoms with van der Waals surface area (Å²) in [6.45, 7) is 5.53. The highest BCUT2D eigenvalue weighted by Crippen LogP contribution is 2.19. The van der Waals surface area contributed by atoms with E-state index in [1.807, 2.05) is 0 Å². The number of carbonyl (C=O) groups is 1. The summed E-state index contributed by atoms with van der Waals surface area (Å²) in [5, 5.41) is 19.9. The molecule has 1 aromatic heterocycles. The summed E-state index contributed by atoms with van der Waals surface area (Å²) in [5.41, 5.74) is 0.469. The number of hydrogen-bond donors (Lipinski definition) is 3. The molecule has 1 amide bonds. The maximum atomic E-state index is 12.0. The maximum Gasteiger partial charge on any atom is 0.271 e. The molecule has 1 saturated heterocycles. The van der Waals surface area contributed by atoms with Crippen LogP contribution in [0.4, 0.5) is 0 Å². The number of nitrogens with zero attached hydrogens (tertiary/aromatic N) is 1. The number of ether oxygens (including phenoxy) is 1. The molecule has 3 N–H and O–H groups in total. The minimum absolute atomic E-state index is 0.238. The van der Waals surface area contributed by atoms with Crippen LogP contribution < -0.4 is 5.32 Å². The van der Waals surface area contributed by atoms with Crippen molar-refractivity contribution >= 4 is 5.91 Å². The Balaban J connectivity index is 1.86. The van der Waals surface area contributed by atoms with Gasteiger partial charge in [-0.1, -0.05) is 13.8 Å². The predicted octanol–water partition coefficient (Wildman–Crippen LogP) is 0.879. The van der Waals surface area contributed by atoms with Gasteiger partial charge in [-0.2, -0.15) is 5.10 Å².